The molecule has 0 bridgehead atoms. The third kappa shape index (κ3) is 2.65. The lowest BCUT2D eigenvalue weighted by molar-refractivity contribution is 0.0693. The summed E-state index contributed by atoms with van der Waals surface area (Å²) >= 11 is 1.63. The Labute approximate surface area is 93.4 Å². The SMILES string of the molecule is CCSc1cc(C(=O)O)c(OC)cc1C. The first-order chi connectivity index (χ1) is 7.10. The minimum atomic E-state index is -0.954. The minimum absolute atomic E-state index is 0.221. The molecule has 0 atom stereocenters. The first-order valence-electron chi connectivity index (χ1n) is 4.64. The van der Waals surface area contributed by atoms with Crippen molar-refractivity contribution >= 4 is 17.7 Å². The lowest BCUT2D eigenvalue weighted by Crippen LogP contribution is -2.01. The third-order valence-electron chi connectivity index (χ3n) is 2.03. The molecule has 0 aliphatic rings. The highest BCUT2D eigenvalue weighted by Crippen LogP contribution is 2.29. The van der Waals surface area contributed by atoms with Crippen LogP contribution in [0.1, 0.15) is 22.8 Å². The van der Waals surface area contributed by atoms with Crippen LogP contribution in [0.2, 0.25) is 0 Å². The predicted octanol–water partition coefficient (Wildman–Crippen LogP) is 2.81. The van der Waals surface area contributed by atoms with Crippen molar-refractivity contribution in [2.24, 2.45) is 0 Å². The lowest BCUT2D eigenvalue weighted by Gasteiger charge is -2.10. The topological polar surface area (TPSA) is 46.5 Å². The molecule has 15 heavy (non-hydrogen) atoms. The van der Waals surface area contributed by atoms with Crippen LogP contribution in [0.3, 0.4) is 0 Å². The number of carboxylic acid groups (broad SMARTS) is 1. The fourth-order valence-corrected chi connectivity index (χ4v) is 2.11. The molecule has 0 unspecified atom stereocenters. The summed E-state index contributed by atoms with van der Waals surface area (Å²) in [5.74, 6) is 0.386. The molecular formula is C11H14O3S. The van der Waals surface area contributed by atoms with E-state index in [1.54, 1.807) is 23.9 Å². The van der Waals surface area contributed by atoms with E-state index in [-0.39, 0.29) is 5.56 Å². The monoisotopic (exact) mass is 226 g/mol. The van der Waals surface area contributed by atoms with Gasteiger partial charge in [-0.1, -0.05) is 6.92 Å². The number of hydrogen-bond donors (Lipinski definition) is 1. The van der Waals surface area contributed by atoms with Gasteiger partial charge in [0.15, 0.2) is 0 Å². The van der Waals surface area contributed by atoms with Gasteiger partial charge in [0.1, 0.15) is 11.3 Å². The van der Waals surface area contributed by atoms with Crippen LogP contribution >= 0.6 is 11.8 Å². The number of carbonyl (C=O) groups is 1. The van der Waals surface area contributed by atoms with Crippen molar-refractivity contribution in [1.29, 1.82) is 0 Å². The molecule has 1 aromatic rings. The van der Waals surface area contributed by atoms with Crippen LogP contribution in [0.5, 0.6) is 5.75 Å². The van der Waals surface area contributed by atoms with Gasteiger partial charge in [-0.05, 0) is 30.4 Å². The summed E-state index contributed by atoms with van der Waals surface area (Å²) in [6.07, 6.45) is 0. The summed E-state index contributed by atoms with van der Waals surface area (Å²) in [7, 11) is 1.48. The molecule has 82 valence electrons. The van der Waals surface area contributed by atoms with Gasteiger partial charge in [-0.3, -0.25) is 0 Å². The van der Waals surface area contributed by atoms with E-state index in [1.807, 2.05) is 13.8 Å². The van der Waals surface area contributed by atoms with Crippen LogP contribution in [0.15, 0.2) is 17.0 Å². The predicted molar refractivity (Wildman–Crippen MR) is 61.1 cm³/mol. The van der Waals surface area contributed by atoms with Crippen LogP contribution in [0, 0.1) is 6.92 Å². The lowest BCUT2D eigenvalue weighted by atomic mass is 10.1. The maximum atomic E-state index is 11.0. The van der Waals surface area contributed by atoms with Gasteiger partial charge in [-0.25, -0.2) is 4.79 Å². The van der Waals surface area contributed by atoms with Crippen molar-refractivity contribution in [3.8, 4) is 5.75 Å². The van der Waals surface area contributed by atoms with Crippen molar-refractivity contribution in [2.75, 3.05) is 12.9 Å². The number of hydrogen-bond acceptors (Lipinski definition) is 3. The van der Waals surface area contributed by atoms with Gasteiger partial charge < -0.3 is 9.84 Å². The number of aryl methyl sites for hydroxylation is 1. The normalized spacial score (nSPS) is 10.1. The number of aromatic carboxylic acids is 1. The largest absolute Gasteiger partial charge is 0.496 e. The van der Waals surface area contributed by atoms with Crippen molar-refractivity contribution in [1.82, 2.24) is 0 Å². The zero-order valence-corrected chi connectivity index (χ0v) is 9.85. The van der Waals surface area contributed by atoms with Crippen molar-refractivity contribution in [2.45, 2.75) is 18.7 Å². The van der Waals surface area contributed by atoms with E-state index >= 15 is 0 Å². The molecule has 3 nitrogen and oxygen atoms in total. The summed E-state index contributed by atoms with van der Waals surface area (Å²) in [5, 5.41) is 8.99. The van der Waals surface area contributed by atoms with Gasteiger partial charge in [0.25, 0.3) is 0 Å². The van der Waals surface area contributed by atoms with Gasteiger partial charge in [0.05, 0.1) is 7.11 Å². The van der Waals surface area contributed by atoms with Crippen LogP contribution in [-0.4, -0.2) is 23.9 Å². The van der Waals surface area contributed by atoms with Crippen LogP contribution in [-0.2, 0) is 0 Å². The van der Waals surface area contributed by atoms with E-state index in [1.165, 1.54) is 7.11 Å². The van der Waals surface area contributed by atoms with Crippen molar-refractivity contribution in [3.05, 3.63) is 23.3 Å². The maximum Gasteiger partial charge on any atom is 0.339 e. The molecule has 0 aliphatic heterocycles. The Morgan fingerprint density at radius 2 is 2.20 bits per heavy atom. The number of thioether (sulfide) groups is 1. The Morgan fingerprint density at radius 3 is 2.67 bits per heavy atom. The van der Waals surface area contributed by atoms with Gasteiger partial charge in [0, 0.05) is 4.90 Å². The number of rotatable bonds is 4. The number of benzene rings is 1. The van der Waals surface area contributed by atoms with E-state index in [0.717, 1.165) is 16.2 Å². The highest BCUT2D eigenvalue weighted by Gasteiger charge is 2.13. The van der Waals surface area contributed by atoms with Crippen LogP contribution in [0.25, 0.3) is 0 Å². The average molecular weight is 226 g/mol. The number of methoxy groups -OCH3 is 1. The molecule has 1 aromatic carbocycles. The molecule has 0 amide bonds. The van der Waals surface area contributed by atoms with E-state index in [9.17, 15) is 4.79 Å². The number of carboxylic acids is 1. The Balaban J connectivity index is 3.23. The molecule has 0 aliphatic carbocycles. The first-order valence-corrected chi connectivity index (χ1v) is 5.63. The minimum Gasteiger partial charge on any atom is -0.496 e. The zero-order valence-electron chi connectivity index (χ0n) is 9.03. The Kier molecular flexibility index (Phi) is 4.03. The summed E-state index contributed by atoms with van der Waals surface area (Å²) in [6, 6.07) is 3.44. The van der Waals surface area contributed by atoms with Crippen molar-refractivity contribution in [3.63, 3.8) is 0 Å². The van der Waals surface area contributed by atoms with Crippen molar-refractivity contribution < 1.29 is 14.6 Å². The molecule has 0 spiro atoms. The molecule has 0 aromatic heterocycles. The third-order valence-corrected chi connectivity index (χ3v) is 3.07. The first kappa shape index (κ1) is 11.9. The summed E-state index contributed by atoms with van der Waals surface area (Å²) < 4.78 is 5.03. The highest BCUT2D eigenvalue weighted by atomic mass is 32.2. The smallest absolute Gasteiger partial charge is 0.339 e. The molecule has 0 saturated carbocycles. The summed E-state index contributed by atoms with van der Waals surface area (Å²) in [6.45, 7) is 3.99. The van der Waals surface area contributed by atoms with E-state index < -0.39 is 5.97 Å². The molecule has 0 heterocycles. The van der Waals surface area contributed by atoms with Crippen LogP contribution < -0.4 is 4.74 Å². The summed E-state index contributed by atoms with van der Waals surface area (Å²) in [4.78, 5) is 12.0. The second kappa shape index (κ2) is 5.07. The molecule has 4 heteroatoms. The highest BCUT2D eigenvalue weighted by molar-refractivity contribution is 7.99. The van der Waals surface area contributed by atoms with E-state index in [4.69, 9.17) is 9.84 Å². The molecule has 1 N–H and O–H groups in total. The molecule has 0 fully saturated rings. The molecule has 0 radical (unpaired) electrons. The molecule has 0 saturated heterocycles. The Hall–Kier alpha value is -1.16. The maximum absolute atomic E-state index is 11.0. The average Bonchev–Trinajstić information content (AvgIpc) is 2.20. The van der Waals surface area contributed by atoms with Gasteiger partial charge in [-0.15, -0.1) is 11.8 Å². The molecular weight excluding hydrogens is 212 g/mol. The summed E-state index contributed by atoms with van der Waals surface area (Å²) in [5.41, 5.74) is 1.27. The molecule has 1 rings (SSSR count). The van der Waals surface area contributed by atoms with E-state index in [2.05, 4.69) is 0 Å². The van der Waals surface area contributed by atoms with E-state index in [0.29, 0.717) is 5.75 Å². The fraction of sp³-hybridized carbons (Fsp3) is 0.364. The Bertz CT molecular complexity index is 374. The fourth-order valence-electron chi connectivity index (χ4n) is 1.31. The number of ether oxygens (including phenoxy) is 1. The van der Waals surface area contributed by atoms with Crippen LogP contribution in [0.4, 0.5) is 0 Å². The standard InChI is InChI=1S/C11H14O3S/c1-4-15-10-6-8(11(12)13)9(14-3)5-7(10)2/h5-6H,4H2,1-3H3,(H,12,13). The second-order valence-corrected chi connectivity index (χ2v) is 4.36. The second-order valence-electron chi connectivity index (χ2n) is 3.06. The Morgan fingerprint density at radius 1 is 1.53 bits per heavy atom. The quantitative estimate of drug-likeness (QED) is 0.802. The van der Waals surface area contributed by atoms with Gasteiger partial charge in [0.2, 0.25) is 0 Å². The zero-order chi connectivity index (χ0) is 11.4. The van der Waals surface area contributed by atoms with Gasteiger partial charge in [-0.2, -0.15) is 0 Å². The van der Waals surface area contributed by atoms with Gasteiger partial charge >= 0.3 is 5.97 Å².